The molecule has 0 aromatic rings. The Morgan fingerprint density at radius 2 is 1.84 bits per heavy atom. The highest BCUT2D eigenvalue weighted by molar-refractivity contribution is 7.90. The quantitative estimate of drug-likeness (QED) is 0.832. The molecule has 2 aliphatic rings. The zero-order valence-electron chi connectivity index (χ0n) is 12.0. The van der Waals surface area contributed by atoms with Gasteiger partial charge in [-0.15, -0.1) is 0 Å². The van der Waals surface area contributed by atoms with Crippen LogP contribution in [0.3, 0.4) is 0 Å². The molecular formula is C14H28N2O2S. The van der Waals surface area contributed by atoms with Gasteiger partial charge in [-0.25, -0.2) is 13.1 Å². The van der Waals surface area contributed by atoms with E-state index in [0.29, 0.717) is 12.5 Å². The molecular weight excluding hydrogens is 260 g/mol. The van der Waals surface area contributed by atoms with Crippen LogP contribution in [0.2, 0.25) is 0 Å². The lowest BCUT2D eigenvalue weighted by atomic mass is 9.77. The third-order valence-corrected chi connectivity index (χ3v) is 6.90. The second kappa shape index (κ2) is 6.10. The average Bonchev–Trinajstić information content (AvgIpc) is 2.39. The molecule has 0 aliphatic heterocycles. The number of nitrogens with one attached hydrogen (secondary N) is 1. The molecule has 3 N–H and O–H groups in total. The lowest BCUT2D eigenvalue weighted by molar-refractivity contribution is 0.221. The van der Waals surface area contributed by atoms with Gasteiger partial charge in [-0.1, -0.05) is 39.0 Å². The normalized spacial score (nSPS) is 34.3. The van der Waals surface area contributed by atoms with Crippen LogP contribution in [0.25, 0.3) is 0 Å². The van der Waals surface area contributed by atoms with E-state index in [1.807, 2.05) is 0 Å². The van der Waals surface area contributed by atoms with Crippen molar-refractivity contribution in [2.75, 3.05) is 6.54 Å². The molecule has 2 unspecified atom stereocenters. The van der Waals surface area contributed by atoms with Gasteiger partial charge in [0.1, 0.15) is 0 Å². The molecule has 0 bridgehead atoms. The minimum atomic E-state index is -3.21. The first-order valence-electron chi connectivity index (χ1n) is 7.70. The summed E-state index contributed by atoms with van der Waals surface area (Å²) in [5.41, 5.74) is 5.53. The van der Waals surface area contributed by atoms with Crippen molar-refractivity contribution < 1.29 is 8.42 Å². The van der Waals surface area contributed by atoms with Crippen LogP contribution in [0.15, 0.2) is 0 Å². The molecule has 2 saturated carbocycles. The minimum absolute atomic E-state index is 0.193. The number of rotatable bonds is 4. The summed E-state index contributed by atoms with van der Waals surface area (Å²) in [5, 5.41) is -0.193. The highest BCUT2D eigenvalue weighted by Crippen LogP contribution is 2.33. The van der Waals surface area contributed by atoms with Gasteiger partial charge in [-0.2, -0.15) is 0 Å². The molecule has 2 atom stereocenters. The van der Waals surface area contributed by atoms with Crippen molar-refractivity contribution in [3.8, 4) is 0 Å². The fourth-order valence-electron chi connectivity index (χ4n) is 3.74. The maximum atomic E-state index is 12.6. The van der Waals surface area contributed by atoms with Crippen molar-refractivity contribution in [1.29, 1.82) is 0 Å². The summed E-state index contributed by atoms with van der Waals surface area (Å²) in [5.74, 6) is 0.561. The molecule has 0 amide bonds. The van der Waals surface area contributed by atoms with Crippen LogP contribution in [0.1, 0.15) is 64.7 Å². The summed E-state index contributed by atoms with van der Waals surface area (Å²) in [6, 6.07) is 0. The first-order chi connectivity index (χ1) is 8.97. The Kier molecular flexibility index (Phi) is 4.90. The predicted octanol–water partition coefficient (Wildman–Crippen LogP) is 2.15. The van der Waals surface area contributed by atoms with Crippen LogP contribution in [0, 0.1) is 5.92 Å². The second-order valence-electron chi connectivity index (χ2n) is 6.59. The number of nitrogens with two attached hydrogens (primary N) is 1. The maximum Gasteiger partial charge on any atom is 0.215 e. The van der Waals surface area contributed by atoms with Crippen molar-refractivity contribution in [2.24, 2.45) is 11.7 Å². The fraction of sp³-hybridized carbons (Fsp3) is 1.00. The van der Waals surface area contributed by atoms with Gasteiger partial charge >= 0.3 is 0 Å². The third-order valence-electron chi connectivity index (χ3n) is 4.83. The lowest BCUT2D eigenvalue weighted by Gasteiger charge is -2.40. The predicted molar refractivity (Wildman–Crippen MR) is 78.3 cm³/mol. The molecule has 0 aromatic carbocycles. The van der Waals surface area contributed by atoms with E-state index in [0.717, 1.165) is 44.9 Å². The van der Waals surface area contributed by atoms with Gasteiger partial charge in [0.05, 0.1) is 5.25 Å². The molecule has 112 valence electrons. The summed E-state index contributed by atoms with van der Waals surface area (Å²) < 4.78 is 28.1. The molecule has 0 aromatic heterocycles. The van der Waals surface area contributed by atoms with Crippen molar-refractivity contribution >= 4 is 10.0 Å². The zero-order valence-corrected chi connectivity index (χ0v) is 12.8. The lowest BCUT2D eigenvalue weighted by Crippen LogP contribution is -2.57. The van der Waals surface area contributed by atoms with Crippen LogP contribution in [0.5, 0.6) is 0 Å². The monoisotopic (exact) mass is 288 g/mol. The molecule has 2 aliphatic carbocycles. The Morgan fingerprint density at radius 3 is 2.42 bits per heavy atom. The van der Waals surface area contributed by atoms with Crippen LogP contribution in [0.4, 0.5) is 0 Å². The van der Waals surface area contributed by atoms with E-state index in [9.17, 15) is 8.42 Å². The molecule has 19 heavy (non-hydrogen) atoms. The highest BCUT2D eigenvalue weighted by Gasteiger charge is 2.39. The van der Waals surface area contributed by atoms with Gasteiger partial charge in [0.15, 0.2) is 0 Å². The largest absolute Gasteiger partial charge is 0.329 e. The van der Waals surface area contributed by atoms with Crippen molar-refractivity contribution in [1.82, 2.24) is 4.72 Å². The van der Waals surface area contributed by atoms with Crippen molar-refractivity contribution in [3.63, 3.8) is 0 Å². The average molecular weight is 288 g/mol. The molecule has 5 heteroatoms. The molecule has 2 rings (SSSR count). The Hall–Kier alpha value is -0.130. The van der Waals surface area contributed by atoms with Crippen molar-refractivity contribution in [2.45, 2.75) is 75.5 Å². The van der Waals surface area contributed by atoms with Crippen LogP contribution in [-0.4, -0.2) is 25.8 Å². The van der Waals surface area contributed by atoms with Gasteiger partial charge in [-0.05, 0) is 31.6 Å². The molecule has 0 spiro atoms. The first kappa shape index (κ1) is 15.3. The van der Waals surface area contributed by atoms with E-state index >= 15 is 0 Å². The molecule has 0 heterocycles. The number of sulfonamides is 1. The smallest absolute Gasteiger partial charge is 0.215 e. The Bertz CT molecular complexity index is 390. The van der Waals surface area contributed by atoms with Crippen LogP contribution in [-0.2, 0) is 10.0 Å². The van der Waals surface area contributed by atoms with Gasteiger partial charge in [0.25, 0.3) is 0 Å². The summed E-state index contributed by atoms with van der Waals surface area (Å²) in [6.45, 7) is 2.61. The summed E-state index contributed by atoms with van der Waals surface area (Å²) in [6.07, 6.45) is 8.91. The fourth-order valence-corrected chi connectivity index (χ4v) is 5.73. The second-order valence-corrected chi connectivity index (χ2v) is 8.55. The first-order valence-corrected chi connectivity index (χ1v) is 9.25. The van der Waals surface area contributed by atoms with E-state index in [1.54, 1.807) is 0 Å². The van der Waals surface area contributed by atoms with Gasteiger partial charge < -0.3 is 5.73 Å². The van der Waals surface area contributed by atoms with Crippen molar-refractivity contribution in [3.05, 3.63) is 0 Å². The van der Waals surface area contributed by atoms with E-state index in [-0.39, 0.29) is 10.8 Å². The van der Waals surface area contributed by atoms with Crippen LogP contribution >= 0.6 is 0 Å². The minimum Gasteiger partial charge on any atom is -0.329 e. The Balaban J connectivity index is 2.07. The van der Waals surface area contributed by atoms with E-state index < -0.39 is 10.0 Å². The van der Waals surface area contributed by atoms with Gasteiger partial charge in [-0.3, -0.25) is 0 Å². The zero-order chi connectivity index (χ0) is 13.9. The number of hydrogen-bond donors (Lipinski definition) is 2. The van der Waals surface area contributed by atoms with E-state index in [4.69, 9.17) is 5.73 Å². The Labute approximate surface area is 117 Å². The van der Waals surface area contributed by atoms with Gasteiger partial charge in [0, 0.05) is 12.1 Å². The number of hydrogen-bond acceptors (Lipinski definition) is 3. The molecule has 4 nitrogen and oxygen atoms in total. The Morgan fingerprint density at radius 1 is 1.16 bits per heavy atom. The van der Waals surface area contributed by atoms with Gasteiger partial charge in [0.2, 0.25) is 10.0 Å². The standard InChI is InChI=1S/C14H28N2O2S/c1-12-6-5-9-14(10-12,11-15)16-19(17,18)13-7-3-2-4-8-13/h12-13,16H,2-11,15H2,1H3. The van der Waals surface area contributed by atoms with E-state index in [1.165, 1.54) is 12.8 Å². The molecule has 0 saturated heterocycles. The summed E-state index contributed by atoms with van der Waals surface area (Å²) in [7, 11) is -3.21. The topological polar surface area (TPSA) is 72.2 Å². The summed E-state index contributed by atoms with van der Waals surface area (Å²) in [4.78, 5) is 0. The summed E-state index contributed by atoms with van der Waals surface area (Å²) >= 11 is 0. The maximum absolute atomic E-state index is 12.6. The third kappa shape index (κ3) is 3.70. The molecule has 2 fully saturated rings. The van der Waals surface area contributed by atoms with Crippen LogP contribution < -0.4 is 10.5 Å². The highest BCUT2D eigenvalue weighted by atomic mass is 32.2. The van der Waals surface area contributed by atoms with E-state index in [2.05, 4.69) is 11.6 Å². The SMILES string of the molecule is CC1CCCC(CN)(NS(=O)(=O)C2CCCCC2)C1. The molecule has 0 radical (unpaired) electrons.